The van der Waals surface area contributed by atoms with Gasteiger partial charge in [0.15, 0.2) is 11.5 Å². The highest BCUT2D eigenvalue weighted by Crippen LogP contribution is 2.44. The summed E-state index contributed by atoms with van der Waals surface area (Å²) in [5.74, 6) is 1.78. The molecule has 1 aliphatic heterocycles. The third kappa shape index (κ3) is 3.48. The van der Waals surface area contributed by atoms with E-state index in [-0.39, 0.29) is 18.1 Å². The van der Waals surface area contributed by atoms with E-state index in [1.165, 1.54) is 6.42 Å². The van der Waals surface area contributed by atoms with Gasteiger partial charge in [0.2, 0.25) is 5.75 Å². The number of fused-ring (bicyclic) bond motifs is 1. The maximum absolute atomic E-state index is 13.5. The number of ether oxygens (including phenoxy) is 3. The highest BCUT2D eigenvalue weighted by Gasteiger charge is 2.38. The van der Waals surface area contributed by atoms with Crippen molar-refractivity contribution in [3.05, 3.63) is 47.5 Å². The lowest BCUT2D eigenvalue weighted by molar-refractivity contribution is 0.0523. The van der Waals surface area contributed by atoms with Crippen LogP contribution in [0.25, 0.3) is 0 Å². The summed E-state index contributed by atoms with van der Waals surface area (Å²) in [5.41, 5.74) is 2.48. The van der Waals surface area contributed by atoms with Gasteiger partial charge in [-0.3, -0.25) is 4.79 Å². The summed E-state index contributed by atoms with van der Waals surface area (Å²) in [7, 11) is 4.80. The molecule has 6 nitrogen and oxygen atoms in total. The molecule has 1 amide bonds. The van der Waals surface area contributed by atoms with Crippen LogP contribution in [-0.2, 0) is 0 Å². The molecule has 1 atom stereocenters. The monoisotopic (exact) mass is 396 g/mol. The Morgan fingerprint density at radius 2 is 1.59 bits per heavy atom. The summed E-state index contributed by atoms with van der Waals surface area (Å²) in [6.45, 7) is 0. The van der Waals surface area contributed by atoms with Gasteiger partial charge in [0.25, 0.3) is 5.91 Å². The van der Waals surface area contributed by atoms with Crippen LogP contribution < -0.4 is 19.5 Å². The number of amides is 1. The molecule has 29 heavy (non-hydrogen) atoms. The number of para-hydroxylation sites is 1. The van der Waals surface area contributed by atoms with Gasteiger partial charge in [0.1, 0.15) is 6.17 Å². The summed E-state index contributed by atoms with van der Waals surface area (Å²) in [5, 5.41) is 3.58. The van der Waals surface area contributed by atoms with Crippen LogP contribution >= 0.6 is 0 Å². The highest BCUT2D eigenvalue weighted by atomic mass is 16.5. The van der Waals surface area contributed by atoms with Gasteiger partial charge >= 0.3 is 0 Å². The Bertz CT molecular complexity index is 867. The van der Waals surface area contributed by atoms with Crippen LogP contribution in [0.3, 0.4) is 0 Å². The van der Waals surface area contributed by atoms with Crippen molar-refractivity contribution in [2.45, 2.75) is 44.3 Å². The maximum Gasteiger partial charge on any atom is 0.258 e. The van der Waals surface area contributed by atoms with E-state index in [1.807, 2.05) is 41.3 Å². The van der Waals surface area contributed by atoms with Crippen molar-refractivity contribution in [3.8, 4) is 17.2 Å². The van der Waals surface area contributed by atoms with Crippen LogP contribution in [-0.4, -0.2) is 38.2 Å². The number of nitrogens with one attached hydrogen (secondary N) is 1. The number of anilines is 1. The maximum atomic E-state index is 13.5. The van der Waals surface area contributed by atoms with Gasteiger partial charge in [-0.25, -0.2) is 0 Å². The fraction of sp³-hybridized carbons (Fsp3) is 0.435. The summed E-state index contributed by atoms with van der Waals surface area (Å²) in [6.07, 6.45) is 5.29. The number of nitrogens with zero attached hydrogens (tertiary/aromatic N) is 1. The number of carbonyl (C=O) groups is 1. The zero-order valence-electron chi connectivity index (χ0n) is 17.2. The lowest BCUT2D eigenvalue weighted by Crippen LogP contribution is -2.49. The zero-order chi connectivity index (χ0) is 20.4. The Morgan fingerprint density at radius 1 is 0.931 bits per heavy atom. The summed E-state index contributed by atoms with van der Waals surface area (Å²) >= 11 is 0. The molecule has 1 fully saturated rings. The molecule has 4 rings (SSSR count). The number of benzene rings is 2. The standard InChI is InChI=1S/C23H28N2O4/c1-27-19-13-15(14-20(28-2)21(19)29-3)22-24-18-12-8-7-11-17(18)23(26)25(22)16-9-5-4-6-10-16/h7-8,11-14,16,22,24H,4-6,9-10H2,1-3H3. The first-order chi connectivity index (χ1) is 14.2. The van der Waals surface area contributed by atoms with Crippen LogP contribution in [0, 0.1) is 0 Å². The molecule has 1 saturated carbocycles. The predicted molar refractivity (Wildman–Crippen MR) is 112 cm³/mol. The van der Waals surface area contributed by atoms with E-state index in [0.717, 1.165) is 42.5 Å². The molecule has 0 aromatic heterocycles. The van der Waals surface area contributed by atoms with Crippen LogP contribution in [0.15, 0.2) is 36.4 Å². The van der Waals surface area contributed by atoms with Crippen molar-refractivity contribution in [2.24, 2.45) is 0 Å². The first-order valence-corrected chi connectivity index (χ1v) is 10.2. The Hall–Kier alpha value is -2.89. The Balaban J connectivity index is 1.82. The fourth-order valence-corrected chi connectivity index (χ4v) is 4.51. The van der Waals surface area contributed by atoms with Gasteiger partial charge in [-0.15, -0.1) is 0 Å². The number of hydrogen-bond donors (Lipinski definition) is 1. The average Bonchev–Trinajstić information content (AvgIpc) is 2.78. The van der Waals surface area contributed by atoms with E-state index < -0.39 is 0 Å². The largest absolute Gasteiger partial charge is 0.493 e. The van der Waals surface area contributed by atoms with Gasteiger partial charge < -0.3 is 24.4 Å². The number of carbonyl (C=O) groups excluding carboxylic acids is 1. The molecule has 2 aliphatic rings. The molecule has 2 aromatic rings. The van der Waals surface area contributed by atoms with Crippen LogP contribution in [0.1, 0.15) is 54.2 Å². The van der Waals surface area contributed by atoms with E-state index in [4.69, 9.17) is 14.2 Å². The molecule has 1 heterocycles. The van der Waals surface area contributed by atoms with Gasteiger partial charge in [0.05, 0.1) is 26.9 Å². The Labute approximate surface area is 171 Å². The normalized spacial score (nSPS) is 19.3. The number of methoxy groups -OCH3 is 3. The predicted octanol–water partition coefficient (Wildman–Crippen LogP) is 4.61. The number of hydrogen-bond acceptors (Lipinski definition) is 5. The van der Waals surface area contributed by atoms with Crippen molar-refractivity contribution in [1.29, 1.82) is 0 Å². The summed E-state index contributed by atoms with van der Waals surface area (Å²) in [4.78, 5) is 15.5. The molecule has 6 heteroatoms. The van der Waals surface area contributed by atoms with Crippen LogP contribution in [0.4, 0.5) is 5.69 Å². The van der Waals surface area contributed by atoms with Crippen LogP contribution in [0.2, 0.25) is 0 Å². The third-order valence-corrected chi connectivity index (χ3v) is 5.93. The average molecular weight is 396 g/mol. The third-order valence-electron chi connectivity index (χ3n) is 5.93. The molecule has 0 bridgehead atoms. The minimum Gasteiger partial charge on any atom is -0.493 e. The molecule has 1 unspecified atom stereocenters. The van der Waals surface area contributed by atoms with E-state index in [2.05, 4.69) is 5.32 Å². The lowest BCUT2D eigenvalue weighted by Gasteiger charge is -2.44. The zero-order valence-corrected chi connectivity index (χ0v) is 17.2. The first kappa shape index (κ1) is 19.4. The molecule has 0 spiro atoms. The van der Waals surface area contributed by atoms with Gasteiger partial charge in [0, 0.05) is 17.3 Å². The van der Waals surface area contributed by atoms with E-state index >= 15 is 0 Å². The van der Waals surface area contributed by atoms with Gasteiger partial charge in [-0.05, 0) is 37.1 Å². The van der Waals surface area contributed by atoms with E-state index in [9.17, 15) is 4.79 Å². The first-order valence-electron chi connectivity index (χ1n) is 10.2. The molecule has 1 N–H and O–H groups in total. The minimum absolute atomic E-state index is 0.0741. The molecular weight excluding hydrogens is 368 g/mol. The highest BCUT2D eigenvalue weighted by molar-refractivity contribution is 6.02. The summed E-state index contributed by atoms with van der Waals surface area (Å²) < 4.78 is 16.6. The smallest absolute Gasteiger partial charge is 0.258 e. The minimum atomic E-state index is -0.297. The van der Waals surface area contributed by atoms with Crippen molar-refractivity contribution in [2.75, 3.05) is 26.6 Å². The number of rotatable bonds is 5. The molecule has 0 radical (unpaired) electrons. The van der Waals surface area contributed by atoms with Crippen molar-refractivity contribution < 1.29 is 19.0 Å². The van der Waals surface area contributed by atoms with Crippen LogP contribution in [0.5, 0.6) is 17.2 Å². The molecule has 154 valence electrons. The van der Waals surface area contributed by atoms with Gasteiger partial charge in [-0.1, -0.05) is 31.4 Å². The van der Waals surface area contributed by atoms with Gasteiger partial charge in [-0.2, -0.15) is 0 Å². The molecular formula is C23H28N2O4. The van der Waals surface area contributed by atoms with Crippen molar-refractivity contribution in [1.82, 2.24) is 4.90 Å². The second-order valence-corrected chi connectivity index (χ2v) is 7.56. The molecule has 0 saturated heterocycles. The Kier molecular flexibility index (Phi) is 5.51. The second kappa shape index (κ2) is 8.23. The van der Waals surface area contributed by atoms with E-state index in [1.54, 1.807) is 21.3 Å². The quantitative estimate of drug-likeness (QED) is 0.800. The fourth-order valence-electron chi connectivity index (χ4n) is 4.51. The van der Waals surface area contributed by atoms with E-state index in [0.29, 0.717) is 17.2 Å². The lowest BCUT2D eigenvalue weighted by atomic mass is 9.91. The summed E-state index contributed by atoms with van der Waals surface area (Å²) in [6, 6.07) is 11.8. The van der Waals surface area contributed by atoms with Crippen molar-refractivity contribution in [3.63, 3.8) is 0 Å². The second-order valence-electron chi connectivity index (χ2n) is 7.56. The topological polar surface area (TPSA) is 60.0 Å². The van der Waals surface area contributed by atoms with Crippen molar-refractivity contribution >= 4 is 11.6 Å². The molecule has 1 aliphatic carbocycles. The molecule has 2 aromatic carbocycles. The Morgan fingerprint density at radius 3 is 2.21 bits per heavy atom. The SMILES string of the molecule is COc1cc(C2Nc3ccccc3C(=O)N2C2CCCCC2)cc(OC)c1OC.